The Balaban J connectivity index is 1.21. The van der Waals surface area contributed by atoms with E-state index in [0.717, 1.165) is 23.5 Å². The minimum Gasteiger partial charge on any atom is -0.493 e. The summed E-state index contributed by atoms with van der Waals surface area (Å²) in [5, 5.41) is 8.86. The molecular formula is C48H57N5O12. The van der Waals surface area contributed by atoms with E-state index in [-0.39, 0.29) is 60.5 Å². The van der Waals surface area contributed by atoms with Gasteiger partial charge in [-0.1, -0.05) is 69.5 Å². The molecule has 0 unspecified atom stereocenters. The van der Waals surface area contributed by atoms with E-state index in [1.807, 2.05) is 24.9 Å². The van der Waals surface area contributed by atoms with Gasteiger partial charge in [0, 0.05) is 19.0 Å². The zero-order valence-corrected chi connectivity index (χ0v) is 37.4. The number of nitrogens with zero attached hydrogens (tertiary/aromatic N) is 2. The molecule has 346 valence electrons. The van der Waals surface area contributed by atoms with Crippen LogP contribution in [-0.2, 0) is 35.4 Å². The van der Waals surface area contributed by atoms with Crippen molar-refractivity contribution in [3.8, 4) is 22.8 Å². The summed E-state index contributed by atoms with van der Waals surface area (Å²) in [7, 11) is 1.88. The van der Waals surface area contributed by atoms with E-state index in [4.69, 9.17) is 23.5 Å². The molecule has 1 aliphatic heterocycles. The largest absolute Gasteiger partial charge is 0.493 e. The van der Waals surface area contributed by atoms with Crippen LogP contribution < -0.4 is 30.3 Å². The second-order valence-corrected chi connectivity index (χ2v) is 15.4. The van der Waals surface area contributed by atoms with Gasteiger partial charge in [0.1, 0.15) is 42.3 Å². The van der Waals surface area contributed by atoms with Crippen LogP contribution in [0.3, 0.4) is 0 Å². The average molecular weight is 896 g/mol. The van der Waals surface area contributed by atoms with Gasteiger partial charge in [-0.3, -0.25) is 24.0 Å². The lowest BCUT2D eigenvalue weighted by Crippen LogP contribution is -2.49. The van der Waals surface area contributed by atoms with Crippen LogP contribution in [0, 0.1) is 5.92 Å². The van der Waals surface area contributed by atoms with E-state index < -0.39 is 47.7 Å². The van der Waals surface area contributed by atoms with Gasteiger partial charge in [0.25, 0.3) is 11.8 Å². The summed E-state index contributed by atoms with van der Waals surface area (Å²) in [5.41, 5.74) is 2.22. The molecule has 5 rings (SSSR count). The Morgan fingerprint density at radius 2 is 1.69 bits per heavy atom. The van der Waals surface area contributed by atoms with Crippen molar-refractivity contribution in [2.24, 2.45) is 5.92 Å². The second-order valence-electron chi connectivity index (χ2n) is 15.4. The maximum absolute atomic E-state index is 13.7. The number of rotatable bonds is 24. The van der Waals surface area contributed by atoms with Gasteiger partial charge in [0.15, 0.2) is 5.76 Å². The van der Waals surface area contributed by atoms with E-state index >= 15 is 0 Å². The number of carbonyl (C=O) groups excluding carboxylic acids is 7. The van der Waals surface area contributed by atoms with Gasteiger partial charge in [-0.15, -0.1) is 0 Å². The van der Waals surface area contributed by atoms with E-state index in [0.29, 0.717) is 55.8 Å². The number of esters is 1. The monoisotopic (exact) mass is 895 g/mol. The maximum Gasteiger partial charge on any atom is 0.363 e. The molecular weight excluding hydrogens is 839 g/mol. The minimum atomic E-state index is -1.24. The molecule has 4 aromatic rings. The van der Waals surface area contributed by atoms with Crippen molar-refractivity contribution < 1.29 is 57.0 Å². The summed E-state index contributed by atoms with van der Waals surface area (Å²) >= 11 is 0. The molecule has 0 fully saturated rings. The number of fused-ring (bicyclic) bond motifs is 1. The van der Waals surface area contributed by atoms with Crippen LogP contribution >= 0.6 is 0 Å². The van der Waals surface area contributed by atoms with E-state index in [1.165, 1.54) is 19.1 Å². The molecule has 4 amide bonds. The first kappa shape index (κ1) is 48.9. The number of ketones is 1. The molecule has 3 atom stereocenters. The number of ether oxygens (including phenoxy) is 3. The smallest absolute Gasteiger partial charge is 0.363 e. The maximum atomic E-state index is 13.7. The summed E-state index contributed by atoms with van der Waals surface area (Å²) in [6.45, 7) is 7.90. The first-order valence-corrected chi connectivity index (χ1v) is 21.7. The summed E-state index contributed by atoms with van der Waals surface area (Å²) < 4.78 is 22.7. The predicted octanol–water partition coefficient (Wildman–Crippen LogP) is 6.00. The molecule has 0 saturated heterocycles. The Morgan fingerprint density at radius 1 is 0.908 bits per heavy atom. The Kier molecular flexibility index (Phi) is 18.1. The molecule has 1 aromatic heterocycles. The van der Waals surface area contributed by atoms with E-state index in [9.17, 15) is 33.6 Å². The topological polar surface area (TPSA) is 212 Å². The molecule has 0 aliphatic carbocycles. The first-order chi connectivity index (χ1) is 31.4. The number of hydrogen-bond acceptors (Lipinski definition) is 13. The van der Waals surface area contributed by atoms with Gasteiger partial charge in [-0.2, -0.15) is 5.06 Å². The number of Topliss-reactive ketones (excluding diaryl/α,β-unsaturated/α-hetero) is 1. The highest BCUT2D eigenvalue weighted by molar-refractivity contribution is 6.00. The fraction of sp³-hybridized carbons (Fsp3) is 0.396. The highest BCUT2D eigenvalue weighted by Gasteiger charge is 2.34. The summed E-state index contributed by atoms with van der Waals surface area (Å²) in [5.74, 6) is -3.39. The average Bonchev–Trinajstić information content (AvgIpc) is 3.81. The number of furan rings is 1. The van der Waals surface area contributed by atoms with Gasteiger partial charge < -0.3 is 44.3 Å². The van der Waals surface area contributed by atoms with Crippen molar-refractivity contribution >= 4 is 47.5 Å². The van der Waals surface area contributed by atoms with Gasteiger partial charge in [0.2, 0.25) is 12.3 Å². The fourth-order valence-corrected chi connectivity index (χ4v) is 7.28. The van der Waals surface area contributed by atoms with Crippen molar-refractivity contribution in [1.82, 2.24) is 21.0 Å². The van der Waals surface area contributed by atoms with E-state index in [2.05, 4.69) is 16.0 Å². The van der Waals surface area contributed by atoms with Crippen LogP contribution in [0.25, 0.3) is 11.3 Å². The van der Waals surface area contributed by atoms with Crippen molar-refractivity contribution in [3.05, 3.63) is 101 Å². The lowest BCUT2D eigenvalue weighted by atomic mass is 9.90. The van der Waals surface area contributed by atoms with Gasteiger partial charge in [-0.25, -0.2) is 9.59 Å². The van der Waals surface area contributed by atoms with Gasteiger partial charge in [0.05, 0.1) is 48.6 Å². The molecule has 2 heterocycles. The lowest BCUT2D eigenvalue weighted by Gasteiger charge is -2.32. The Hall–Kier alpha value is -7.17. The van der Waals surface area contributed by atoms with Crippen molar-refractivity contribution in [2.45, 2.75) is 84.9 Å². The quantitative estimate of drug-likeness (QED) is 0.0242. The van der Waals surface area contributed by atoms with Crippen molar-refractivity contribution in [3.63, 3.8) is 0 Å². The number of unbranched alkanes of at least 4 members (excludes halogenated alkanes) is 2. The second kappa shape index (κ2) is 24.0. The highest BCUT2D eigenvalue weighted by atomic mass is 16.7. The number of likely N-dealkylation sites (N-methyl/N-ethyl adjacent to an activating group) is 1. The standard InChI is InChI=1S/C48H57N5O12/c1-6-9-11-16-35(38(7-2)53(30-54)65-47(59)34-18-20-41-39(26-34)52(5)23-24-62-41)44(56)49-29-50-46(58)42-22-21-40(64-42)33-17-19-36(43(27-33)61-8-3)45(57)51-37(25-31(4)55)48(60)63-28-32-14-12-10-13-15-32/h10,12-15,17-22,26-27,30,35,37-38H,6-9,11,16,23-25,28-29H2,1-5H3,(H,49,56)(H,50,58)(H,51,57)/t35-,37+,38-/m1/s1. The number of anilines is 1. The zero-order valence-electron chi connectivity index (χ0n) is 37.4. The number of amides is 4. The molecule has 0 radical (unpaired) electrons. The zero-order chi connectivity index (χ0) is 46.9. The molecule has 3 N–H and O–H groups in total. The van der Waals surface area contributed by atoms with E-state index in [1.54, 1.807) is 74.5 Å². The minimum absolute atomic E-state index is 0.0339. The highest BCUT2D eigenvalue weighted by Crippen LogP contribution is 2.33. The Morgan fingerprint density at radius 3 is 2.40 bits per heavy atom. The Labute approximate surface area is 378 Å². The predicted molar refractivity (Wildman–Crippen MR) is 239 cm³/mol. The number of nitrogens with one attached hydrogen (secondary N) is 3. The van der Waals surface area contributed by atoms with Crippen LogP contribution in [0.4, 0.5) is 5.69 Å². The molecule has 0 spiro atoms. The third kappa shape index (κ3) is 13.4. The van der Waals surface area contributed by atoms with Gasteiger partial charge in [-0.05, 0) is 74.7 Å². The number of carbonyl (C=O) groups is 7. The molecule has 17 heteroatoms. The summed E-state index contributed by atoms with van der Waals surface area (Å²) in [6, 6.07) is 19.4. The summed E-state index contributed by atoms with van der Waals surface area (Å²) in [4.78, 5) is 98.7. The SMILES string of the molecule is CCCCC[C@@H](C(=O)NCNC(=O)c1ccc(-c2ccc(C(=O)N[C@@H](CC(C)=O)C(=O)OCc3ccccc3)c(OCC)c2)o1)[C@@H](CC)N(C=O)OC(=O)c1ccc2c(c1)N(C)CCO2. The molecule has 65 heavy (non-hydrogen) atoms. The van der Waals surface area contributed by atoms with Crippen LogP contribution in [-0.4, -0.2) is 92.5 Å². The number of hydroxylamine groups is 2. The normalized spacial score (nSPS) is 13.2. The molecule has 1 aliphatic rings. The molecule has 0 saturated carbocycles. The summed E-state index contributed by atoms with van der Waals surface area (Å²) in [6.07, 6.45) is 3.19. The molecule has 3 aromatic carbocycles. The number of hydrogen-bond donors (Lipinski definition) is 3. The van der Waals surface area contributed by atoms with Crippen LogP contribution in [0.5, 0.6) is 11.5 Å². The van der Waals surface area contributed by atoms with Crippen LogP contribution in [0.2, 0.25) is 0 Å². The van der Waals surface area contributed by atoms with Crippen LogP contribution in [0.15, 0.2) is 83.3 Å². The third-order valence-electron chi connectivity index (χ3n) is 10.7. The molecule has 0 bridgehead atoms. The van der Waals surface area contributed by atoms with Crippen molar-refractivity contribution in [2.75, 3.05) is 38.4 Å². The van der Waals surface area contributed by atoms with Gasteiger partial charge >= 0.3 is 11.9 Å². The van der Waals surface area contributed by atoms with Crippen LogP contribution in [0.1, 0.15) is 103 Å². The molecule has 17 nitrogen and oxygen atoms in total. The fourth-order valence-electron chi connectivity index (χ4n) is 7.28. The lowest BCUT2D eigenvalue weighted by molar-refractivity contribution is -0.171. The third-order valence-corrected chi connectivity index (χ3v) is 10.7. The number of benzene rings is 3. The van der Waals surface area contributed by atoms with Crippen molar-refractivity contribution in [1.29, 1.82) is 0 Å². The Bertz CT molecular complexity index is 2300. The first-order valence-electron chi connectivity index (χ1n) is 21.7.